The first-order valence-corrected chi connectivity index (χ1v) is 7.81. The third kappa shape index (κ3) is 2.04. The van der Waals surface area contributed by atoms with E-state index in [9.17, 15) is 13.2 Å². The first-order chi connectivity index (χ1) is 9.58. The number of thiol groups is 1. The standard InChI is InChI=1S/C13H10N2O3S2/c1-15-11-3-2-8(20(17)18)6-9(11)10(13(15)16)7-12-14-4-5-19-12/h2-7,20H,1H3/b10-7+. The summed E-state index contributed by atoms with van der Waals surface area (Å²) in [6, 6.07) is 4.68. The highest BCUT2D eigenvalue weighted by molar-refractivity contribution is 7.72. The molecule has 3 rings (SSSR count). The van der Waals surface area contributed by atoms with Crippen molar-refractivity contribution in [3.05, 3.63) is 40.3 Å². The molecule has 2 heterocycles. The Morgan fingerprint density at radius 1 is 1.35 bits per heavy atom. The predicted octanol–water partition coefficient (Wildman–Crippen LogP) is 1.63. The lowest BCUT2D eigenvalue weighted by Crippen LogP contribution is -2.20. The van der Waals surface area contributed by atoms with Gasteiger partial charge in [0.2, 0.25) is 0 Å². The molecule has 0 atom stereocenters. The molecule has 0 radical (unpaired) electrons. The minimum Gasteiger partial charge on any atom is -0.311 e. The van der Waals surface area contributed by atoms with Gasteiger partial charge in [0, 0.05) is 24.2 Å². The van der Waals surface area contributed by atoms with Crippen LogP contribution in [0.25, 0.3) is 11.6 Å². The van der Waals surface area contributed by atoms with Crippen molar-refractivity contribution in [2.75, 3.05) is 11.9 Å². The van der Waals surface area contributed by atoms with E-state index in [1.165, 1.54) is 28.4 Å². The summed E-state index contributed by atoms with van der Waals surface area (Å²) >= 11 is 1.42. The van der Waals surface area contributed by atoms with Gasteiger partial charge in [0.15, 0.2) is 10.7 Å². The molecule has 1 aromatic heterocycles. The zero-order chi connectivity index (χ0) is 14.3. The van der Waals surface area contributed by atoms with Crippen molar-refractivity contribution in [2.45, 2.75) is 4.90 Å². The van der Waals surface area contributed by atoms with Crippen LogP contribution < -0.4 is 4.90 Å². The summed E-state index contributed by atoms with van der Waals surface area (Å²) in [5.41, 5.74) is 1.80. The number of carbonyl (C=O) groups excluding carboxylic acids is 1. The number of hydrogen-bond donors (Lipinski definition) is 1. The average Bonchev–Trinajstić information content (AvgIpc) is 3.02. The summed E-state index contributed by atoms with van der Waals surface area (Å²) < 4.78 is 22.2. The van der Waals surface area contributed by atoms with E-state index in [-0.39, 0.29) is 10.8 Å². The minimum absolute atomic E-state index is 0.159. The molecule has 0 bridgehead atoms. The van der Waals surface area contributed by atoms with Gasteiger partial charge in [0.05, 0.1) is 16.2 Å². The van der Waals surface area contributed by atoms with Crippen LogP contribution in [0.3, 0.4) is 0 Å². The maximum Gasteiger partial charge on any atom is 0.258 e. The number of anilines is 1. The average molecular weight is 306 g/mol. The van der Waals surface area contributed by atoms with Crippen molar-refractivity contribution >= 4 is 45.3 Å². The Bertz CT molecular complexity index is 784. The Morgan fingerprint density at radius 2 is 2.15 bits per heavy atom. The Hall–Kier alpha value is -1.99. The van der Waals surface area contributed by atoms with E-state index in [0.717, 1.165) is 0 Å². The second-order valence-corrected chi connectivity index (χ2v) is 6.21. The highest BCUT2D eigenvalue weighted by Gasteiger charge is 2.30. The number of aromatic nitrogens is 1. The number of rotatable bonds is 2. The largest absolute Gasteiger partial charge is 0.311 e. The lowest BCUT2D eigenvalue weighted by atomic mass is 10.1. The van der Waals surface area contributed by atoms with Crippen molar-refractivity contribution in [1.29, 1.82) is 0 Å². The van der Waals surface area contributed by atoms with E-state index in [2.05, 4.69) is 4.98 Å². The summed E-state index contributed by atoms with van der Waals surface area (Å²) in [5.74, 6) is -0.159. The number of nitrogens with zero attached hydrogens (tertiary/aromatic N) is 2. The monoisotopic (exact) mass is 306 g/mol. The number of fused-ring (bicyclic) bond motifs is 1. The Balaban J connectivity index is 2.20. The topological polar surface area (TPSA) is 67.3 Å². The maximum atomic E-state index is 12.3. The quantitative estimate of drug-likeness (QED) is 0.676. The van der Waals surface area contributed by atoms with Gasteiger partial charge >= 0.3 is 0 Å². The summed E-state index contributed by atoms with van der Waals surface area (Å²) in [6.07, 6.45) is 3.35. The first kappa shape index (κ1) is 13.0. The highest BCUT2D eigenvalue weighted by Crippen LogP contribution is 2.37. The van der Waals surface area contributed by atoms with Crippen molar-refractivity contribution in [3.63, 3.8) is 0 Å². The summed E-state index contributed by atoms with van der Waals surface area (Å²) in [4.78, 5) is 18.1. The number of likely N-dealkylation sites (N-methyl/N-ethyl adjacent to an activating group) is 1. The molecule has 7 heteroatoms. The van der Waals surface area contributed by atoms with Crippen molar-refractivity contribution in [2.24, 2.45) is 0 Å². The molecule has 0 N–H and O–H groups in total. The maximum absolute atomic E-state index is 12.3. The zero-order valence-electron chi connectivity index (χ0n) is 10.4. The van der Waals surface area contributed by atoms with E-state index < -0.39 is 10.7 Å². The molecular weight excluding hydrogens is 296 g/mol. The molecule has 1 aliphatic heterocycles. The number of amides is 1. The molecule has 1 amide bonds. The number of hydrogen-bond acceptors (Lipinski definition) is 5. The van der Waals surface area contributed by atoms with Gasteiger partial charge in [-0.05, 0) is 24.3 Å². The van der Waals surface area contributed by atoms with Crippen molar-refractivity contribution in [3.8, 4) is 0 Å². The summed E-state index contributed by atoms with van der Waals surface area (Å²) in [5, 5.41) is 2.54. The molecule has 0 unspecified atom stereocenters. The van der Waals surface area contributed by atoms with Crippen LogP contribution in [0.15, 0.2) is 34.7 Å². The van der Waals surface area contributed by atoms with Crippen molar-refractivity contribution < 1.29 is 13.2 Å². The lowest BCUT2D eigenvalue weighted by Gasteiger charge is -2.08. The molecular formula is C13H10N2O3S2. The number of benzene rings is 1. The first-order valence-electron chi connectivity index (χ1n) is 5.76. The summed E-state index contributed by atoms with van der Waals surface area (Å²) in [7, 11) is -1.00. The Morgan fingerprint density at radius 3 is 2.80 bits per heavy atom. The van der Waals surface area contributed by atoms with Crippen LogP contribution in [-0.2, 0) is 15.5 Å². The molecule has 0 aliphatic carbocycles. The van der Waals surface area contributed by atoms with Crippen LogP contribution in [0, 0.1) is 0 Å². The van der Waals surface area contributed by atoms with E-state index in [0.29, 0.717) is 21.8 Å². The van der Waals surface area contributed by atoms with Gasteiger partial charge in [-0.1, -0.05) is 0 Å². The number of carbonyl (C=O) groups is 1. The fourth-order valence-corrected chi connectivity index (χ4v) is 3.12. The van der Waals surface area contributed by atoms with Gasteiger partial charge in [-0.15, -0.1) is 11.3 Å². The van der Waals surface area contributed by atoms with Gasteiger partial charge in [0.1, 0.15) is 5.01 Å². The van der Waals surface area contributed by atoms with Crippen LogP contribution in [0.4, 0.5) is 5.69 Å². The normalized spacial score (nSPS) is 16.2. The molecule has 0 saturated heterocycles. The van der Waals surface area contributed by atoms with E-state index in [1.807, 2.05) is 5.38 Å². The molecule has 0 spiro atoms. The van der Waals surface area contributed by atoms with Crippen molar-refractivity contribution in [1.82, 2.24) is 4.98 Å². The molecule has 1 aliphatic rings. The predicted molar refractivity (Wildman–Crippen MR) is 78.4 cm³/mol. The third-order valence-corrected chi connectivity index (χ3v) is 4.52. The highest BCUT2D eigenvalue weighted by atomic mass is 32.2. The Kier molecular flexibility index (Phi) is 3.15. The van der Waals surface area contributed by atoms with Crippen LogP contribution in [0.2, 0.25) is 0 Å². The summed E-state index contributed by atoms with van der Waals surface area (Å²) in [6.45, 7) is 0. The fourth-order valence-electron chi connectivity index (χ4n) is 2.12. The molecule has 5 nitrogen and oxygen atoms in total. The van der Waals surface area contributed by atoms with Crippen LogP contribution in [0.1, 0.15) is 10.6 Å². The van der Waals surface area contributed by atoms with Crippen LogP contribution >= 0.6 is 11.3 Å². The Labute approximate surface area is 121 Å². The lowest BCUT2D eigenvalue weighted by molar-refractivity contribution is -0.112. The van der Waals surface area contributed by atoms with Crippen LogP contribution in [0.5, 0.6) is 0 Å². The number of thiazole rings is 1. The van der Waals surface area contributed by atoms with Crippen LogP contribution in [-0.4, -0.2) is 26.4 Å². The molecule has 2 aromatic rings. The molecule has 0 saturated carbocycles. The van der Waals surface area contributed by atoms with Gasteiger partial charge in [0.25, 0.3) is 5.91 Å². The van der Waals surface area contributed by atoms with Gasteiger partial charge < -0.3 is 4.90 Å². The zero-order valence-corrected chi connectivity index (χ0v) is 12.1. The second kappa shape index (κ2) is 4.84. The van der Waals surface area contributed by atoms with E-state index in [1.54, 1.807) is 25.4 Å². The molecule has 0 fully saturated rings. The molecule has 20 heavy (non-hydrogen) atoms. The van der Waals surface area contributed by atoms with Gasteiger partial charge in [-0.3, -0.25) is 4.79 Å². The molecule has 102 valence electrons. The second-order valence-electron chi connectivity index (χ2n) is 4.25. The van der Waals surface area contributed by atoms with E-state index in [4.69, 9.17) is 0 Å². The van der Waals surface area contributed by atoms with Gasteiger partial charge in [-0.2, -0.15) is 0 Å². The van der Waals surface area contributed by atoms with Gasteiger partial charge in [-0.25, -0.2) is 13.4 Å². The SMILES string of the molecule is CN1C(=O)/C(=C/c2nccs2)c2cc([SH](=O)=O)ccc21. The minimum atomic E-state index is -2.67. The smallest absolute Gasteiger partial charge is 0.258 e. The molecule has 1 aromatic carbocycles. The fraction of sp³-hybridized carbons (Fsp3) is 0.0769. The third-order valence-electron chi connectivity index (χ3n) is 3.10. The van der Waals surface area contributed by atoms with E-state index >= 15 is 0 Å².